The average Bonchev–Trinajstić information content (AvgIpc) is 2.26. The number of alkyl halides is 5. The summed E-state index contributed by atoms with van der Waals surface area (Å²) in [6.07, 6.45) is -7.91. The predicted octanol–water partition coefficient (Wildman–Crippen LogP) is 2.19. The van der Waals surface area contributed by atoms with E-state index in [9.17, 15) is 26.7 Å². The Morgan fingerprint density at radius 1 is 1.44 bits per heavy atom. The molecule has 0 bridgehead atoms. The molecule has 0 amide bonds. The predicted molar refractivity (Wildman–Crippen MR) is 49.2 cm³/mol. The lowest BCUT2D eigenvalue weighted by molar-refractivity contribution is -0.274. The number of carbonyl (C=O) groups excluding carboxylic acids is 1. The Morgan fingerprint density at radius 2 is 2.06 bits per heavy atom. The maximum absolute atomic E-state index is 12.7. The molecule has 1 aromatic rings. The SMILES string of the molecule is NCc1ncc(OC(F)(F)F)c(C=O)c1C(F)F. The number of halogens is 5. The van der Waals surface area contributed by atoms with Gasteiger partial charge in [0.05, 0.1) is 23.0 Å². The fraction of sp³-hybridized carbons (Fsp3) is 0.333. The lowest BCUT2D eigenvalue weighted by Crippen LogP contribution is -2.20. The number of pyridine rings is 1. The molecule has 0 aromatic carbocycles. The highest BCUT2D eigenvalue weighted by atomic mass is 19.4. The Kier molecular flexibility index (Phi) is 4.17. The van der Waals surface area contributed by atoms with Crippen LogP contribution < -0.4 is 10.5 Å². The topological polar surface area (TPSA) is 65.2 Å². The Morgan fingerprint density at radius 3 is 2.44 bits per heavy atom. The zero-order chi connectivity index (χ0) is 13.9. The number of carbonyl (C=O) groups is 1. The van der Waals surface area contributed by atoms with Crippen LogP contribution in [0.2, 0.25) is 0 Å². The average molecular weight is 270 g/mol. The van der Waals surface area contributed by atoms with Crippen molar-refractivity contribution in [3.05, 3.63) is 23.0 Å². The van der Waals surface area contributed by atoms with Gasteiger partial charge in [-0.25, -0.2) is 8.78 Å². The van der Waals surface area contributed by atoms with Crippen LogP contribution in [0, 0.1) is 0 Å². The molecule has 0 aliphatic heterocycles. The van der Waals surface area contributed by atoms with E-state index in [1.54, 1.807) is 0 Å². The third kappa shape index (κ3) is 3.13. The van der Waals surface area contributed by atoms with Gasteiger partial charge in [-0.2, -0.15) is 0 Å². The molecule has 1 rings (SSSR count). The van der Waals surface area contributed by atoms with Gasteiger partial charge in [0.25, 0.3) is 6.43 Å². The highest BCUT2D eigenvalue weighted by Crippen LogP contribution is 2.33. The minimum Gasteiger partial charge on any atom is -0.403 e. The first kappa shape index (κ1) is 14.3. The Bertz CT molecular complexity index is 447. The van der Waals surface area contributed by atoms with Gasteiger partial charge in [-0.1, -0.05) is 0 Å². The second-order valence-electron chi connectivity index (χ2n) is 3.07. The van der Waals surface area contributed by atoms with Crippen LogP contribution in [-0.4, -0.2) is 17.6 Å². The second kappa shape index (κ2) is 5.25. The van der Waals surface area contributed by atoms with Gasteiger partial charge in [0, 0.05) is 6.54 Å². The second-order valence-corrected chi connectivity index (χ2v) is 3.07. The Hall–Kier alpha value is -1.77. The molecule has 1 heterocycles. The molecule has 0 atom stereocenters. The van der Waals surface area contributed by atoms with Gasteiger partial charge >= 0.3 is 6.36 Å². The zero-order valence-corrected chi connectivity index (χ0v) is 8.67. The Balaban J connectivity index is 3.38. The van der Waals surface area contributed by atoms with Crippen molar-refractivity contribution < 1.29 is 31.5 Å². The molecule has 18 heavy (non-hydrogen) atoms. The van der Waals surface area contributed by atoms with Crippen LogP contribution >= 0.6 is 0 Å². The fourth-order valence-corrected chi connectivity index (χ4v) is 1.30. The molecule has 0 unspecified atom stereocenters. The summed E-state index contributed by atoms with van der Waals surface area (Å²) in [6, 6.07) is 0. The number of hydrogen-bond donors (Lipinski definition) is 1. The quantitative estimate of drug-likeness (QED) is 0.672. The van der Waals surface area contributed by atoms with E-state index in [0.29, 0.717) is 6.20 Å². The lowest BCUT2D eigenvalue weighted by atomic mass is 10.1. The van der Waals surface area contributed by atoms with E-state index < -0.39 is 36.2 Å². The van der Waals surface area contributed by atoms with E-state index in [0.717, 1.165) is 0 Å². The minimum absolute atomic E-state index is 0.149. The summed E-state index contributed by atoms with van der Waals surface area (Å²) >= 11 is 0. The van der Waals surface area contributed by atoms with Crippen molar-refractivity contribution >= 4 is 6.29 Å². The molecular weight excluding hydrogens is 263 g/mol. The van der Waals surface area contributed by atoms with Crippen LogP contribution in [0.15, 0.2) is 6.20 Å². The van der Waals surface area contributed by atoms with Gasteiger partial charge in [-0.3, -0.25) is 9.78 Å². The van der Waals surface area contributed by atoms with Crippen molar-refractivity contribution in [2.75, 3.05) is 0 Å². The minimum atomic E-state index is -5.11. The standard InChI is InChI=1S/C9H7F5N2O2/c10-8(11)7-4(3-17)6(18-9(12,13)14)2-16-5(7)1-15/h2-3,8H,1,15H2. The summed E-state index contributed by atoms with van der Waals surface area (Å²) in [5.41, 5.74) is 2.90. The molecule has 0 saturated heterocycles. The van der Waals surface area contributed by atoms with E-state index in [1.165, 1.54) is 0 Å². The number of aromatic nitrogens is 1. The van der Waals surface area contributed by atoms with Gasteiger partial charge in [-0.15, -0.1) is 13.2 Å². The van der Waals surface area contributed by atoms with Gasteiger partial charge in [0.15, 0.2) is 12.0 Å². The van der Waals surface area contributed by atoms with Crippen molar-refractivity contribution in [1.29, 1.82) is 0 Å². The number of ether oxygens (including phenoxy) is 1. The molecule has 1 aromatic heterocycles. The van der Waals surface area contributed by atoms with Crippen LogP contribution in [0.1, 0.15) is 28.0 Å². The smallest absolute Gasteiger partial charge is 0.403 e. The number of aldehydes is 1. The van der Waals surface area contributed by atoms with Crippen molar-refractivity contribution in [3.63, 3.8) is 0 Å². The first-order valence-electron chi connectivity index (χ1n) is 4.51. The third-order valence-corrected chi connectivity index (χ3v) is 1.96. The molecule has 0 aliphatic carbocycles. The number of nitrogens with two attached hydrogens (primary N) is 1. The van der Waals surface area contributed by atoms with E-state index in [-0.39, 0.29) is 12.0 Å². The molecule has 0 aliphatic rings. The first-order valence-corrected chi connectivity index (χ1v) is 4.51. The van der Waals surface area contributed by atoms with Crippen LogP contribution in [-0.2, 0) is 6.54 Å². The molecule has 0 saturated carbocycles. The van der Waals surface area contributed by atoms with Crippen molar-refractivity contribution in [2.24, 2.45) is 5.73 Å². The van der Waals surface area contributed by atoms with Crippen molar-refractivity contribution in [1.82, 2.24) is 4.98 Å². The molecule has 0 spiro atoms. The van der Waals surface area contributed by atoms with Crippen LogP contribution in [0.4, 0.5) is 22.0 Å². The van der Waals surface area contributed by atoms with Crippen LogP contribution in [0.5, 0.6) is 5.75 Å². The summed E-state index contributed by atoms with van der Waals surface area (Å²) < 4.78 is 64.8. The lowest BCUT2D eigenvalue weighted by Gasteiger charge is -2.14. The van der Waals surface area contributed by atoms with Crippen LogP contribution in [0.25, 0.3) is 0 Å². The highest BCUT2D eigenvalue weighted by Gasteiger charge is 2.34. The van der Waals surface area contributed by atoms with Gasteiger partial charge < -0.3 is 10.5 Å². The Labute approximate surface area is 97.6 Å². The third-order valence-electron chi connectivity index (χ3n) is 1.96. The summed E-state index contributed by atoms with van der Waals surface area (Å²) in [7, 11) is 0. The number of hydrogen-bond acceptors (Lipinski definition) is 4. The monoisotopic (exact) mass is 270 g/mol. The van der Waals surface area contributed by atoms with Gasteiger partial charge in [-0.05, 0) is 0 Å². The largest absolute Gasteiger partial charge is 0.573 e. The zero-order valence-electron chi connectivity index (χ0n) is 8.67. The maximum atomic E-state index is 12.7. The van der Waals surface area contributed by atoms with Gasteiger partial charge in [0.1, 0.15) is 0 Å². The molecule has 4 nitrogen and oxygen atoms in total. The van der Waals surface area contributed by atoms with Crippen molar-refractivity contribution in [3.8, 4) is 5.75 Å². The molecule has 9 heteroatoms. The maximum Gasteiger partial charge on any atom is 0.573 e. The number of rotatable bonds is 4. The summed E-state index contributed by atoms with van der Waals surface area (Å²) in [6.45, 7) is -0.438. The molecular formula is C9H7F5N2O2. The molecule has 2 N–H and O–H groups in total. The van der Waals surface area contributed by atoms with E-state index in [4.69, 9.17) is 5.73 Å². The normalized spacial score (nSPS) is 11.7. The fourth-order valence-electron chi connectivity index (χ4n) is 1.30. The summed E-state index contributed by atoms with van der Waals surface area (Å²) in [5, 5.41) is 0. The summed E-state index contributed by atoms with van der Waals surface area (Å²) in [4.78, 5) is 14.0. The van der Waals surface area contributed by atoms with Crippen LogP contribution in [0.3, 0.4) is 0 Å². The van der Waals surface area contributed by atoms with Crippen molar-refractivity contribution in [2.45, 2.75) is 19.3 Å². The van der Waals surface area contributed by atoms with Gasteiger partial charge in [0.2, 0.25) is 0 Å². The van der Waals surface area contributed by atoms with E-state index in [2.05, 4.69) is 9.72 Å². The molecule has 100 valence electrons. The first-order chi connectivity index (χ1) is 8.30. The highest BCUT2D eigenvalue weighted by molar-refractivity contribution is 5.82. The van der Waals surface area contributed by atoms with E-state index in [1.807, 2.05) is 0 Å². The number of nitrogens with zero attached hydrogens (tertiary/aromatic N) is 1. The summed E-state index contributed by atoms with van der Waals surface area (Å²) in [5.74, 6) is -1.08. The van der Waals surface area contributed by atoms with E-state index >= 15 is 0 Å². The molecule has 0 fully saturated rings. The molecule has 0 radical (unpaired) electrons.